The SMILES string of the molecule is COC[C@@H]1CN(c2cc(C3(Cl)C(n4ccn(C)c4=O)=C(F)C=C(c4ccccc4)C3O)ccn2)CCN1C(=O)OC(C)(C)C. The lowest BCUT2D eigenvalue weighted by Crippen LogP contribution is -2.58. The Hall–Kier alpha value is -3.93. The van der Waals surface area contributed by atoms with Crippen molar-refractivity contribution >= 4 is 34.8 Å². The minimum absolute atomic E-state index is 0.193. The van der Waals surface area contributed by atoms with Crippen LogP contribution in [-0.4, -0.2) is 81.3 Å². The van der Waals surface area contributed by atoms with Gasteiger partial charge in [-0.05, 0) is 55.7 Å². The Morgan fingerprint density at radius 2 is 1.91 bits per heavy atom. The highest BCUT2D eigenvalue weighted by atomic mass is 35.5. The zero-order chi connectivity index (χ0) is 31.8. The summed E-state index contributed by atoms with van der Waals surface area (Å²) in [6.45, 7) is 6.88. The van der Waals surface area contributed by atoms with Gasteiger partial charge in [0.2, 0.25) is 0 Å². The van der Waals surface area contributed by atoms with Gasteiger partial charge in [-0.3, -0.25) is 9.47 Å². The molecule has 0 saturated carbocycles. The number of anilines is 1. The number of pyridine rings is 1. The number of carbonyl (C=O) groups is 1. The predicted octanol–water partition coefficient (Wildman–Crippen LogP) is 4.38. The van der Waals surface area contributed by atoms with Crippen molar-refractivity contribution in [3.8, 4) is 0 Å². The first-order valence-corrected chi connectivity index (χ1v) is 14.7. The third-order valence-electron chi connectivity index (χ3n) is 7.78. The topological polar surface area (TPSA) is 102 Å². The van der Waals surface area contributed by atoms with E-state index in [0.717, 1.165) is 4.57 Å². The number of carbonyl (C=O) groups excluding carboxylic acids is 1. The maximum Gasteiger partial charge on any atom is 0.410 e. The first kappa shape index (κ1) is 31.5. The van der Waals surface area contributed by atoms with Gasteiger partial charge in [-0.1, -0.05) is 30.3 Å². The van der Waals surface area contributed by atoms with Gasteiger partial charge >= 0.3 is 11.8 Å². The van der Waals surface area contributed by atoms with Crippen LogP contribution in [0.2, 0.25) is 0 Å². The summed E-state index contributed by atoms with van der Waals surface area (Å²) >= 11 is 7.39. The van der Waals surface area contributed by atoms with Gasteiger partial charge < -0.3 is 24.0 Å². The average Bonchev–Trinajstić information content (AvgIpc) is 3.31. The monoisotopic (exact) mass is 625 g/mol. The zero-order valence-electron chi connectivity index (χ0n) is 25.4. The summed E-state index contributed by atoms with van der Waals surface area (Å²) in [5.41, 5.74) is -0.146. The standard InChI is InChI=1S/C32H37ClFN5O5/c1-31(2,3)44-30(42)38-16-14-37(19-23(38)20-43-5)26-17-22(11-12-35-26)32(33)27(39-15-13-36(4)29(39)41)25(34)18-24(28(32)40)21-9-7-6-8-10-21/h6-13,15,17-18,23,28,40H,14,16,19-20H2,1-5H3/t23-,28?,32?/m0/s1. The van der Waals surface area contributed by atoms with Gasteiger partial charge in [0.15, 0.2) is 0 Å². The number of aliphatic hydroxyl groups excluding tert-OH is 1. The highest BCUT2D eigenvalue weighted by molar-refractivity contribution is 6.31. The number of benzene rings is 1. The second-order valence-corrected chi connectivity index (χ2v) is 12.6. The maximum atomic E-state index is 16.2. The second kappa shape index (κ2) is 12.2. The number of rotatable bonds is 6. The van der Waals surface area contributed by atoms with Crippen molar-refractivity contribution in [2.45, 2.75) is 43.4 Å². The van der Waals surface area contributed by atoms with Crippen LogP contribution >= 0.6 is 11.6 Å². The molecule has 0 bridgehead atoms. The van der Waals surface area contributed by atoms with Gasteiger partial charge in [-0.2, -0.15) is 0 Å². The number of piperazine rings is 1. The number of aromatic nitrogens is 3. The molecule has 0 spiro atoms. The Kier molecular flexibility index (Phi) is 8.75. The molecule has 0 radical (unpaired) electrons. The van der Waals surface area contributed by atoms with E-state index in [0.29, 0.717) is 36.6 Å². The summed E-state index contributed by atoms with van der Waals surface area (Å²) in [5, 5.41) is 11.9. The van der Waals surface area contributed by atoms with Gasteiger partial charge in [0, 0.05) is 52.4 Å². The Labute approximate surface area is 260 Å². The fourth-order valence-electron chi connectivity index (χ4n) is 5.67. The fourth-order valence-corrected chi connectivity index (χ4v) is 6.09. The molecule has 1 aromatic carbocycles. The van der Waals surface area contributed by atoms with Crippen molar-refractivity contribution in [3.05, 3.63) is 94.6 Å². The van der Waals surface area contributed by atoms with Gasteiger partial charge in [0.05, 0.1) is 18.3 Å². The Morgan fingerprint density at radius 3 is 2.55 bits per heavy atom. The van der Waals surface area contributed by atoms with E-state index in [9.17, 15) is 14.7 Å². The van der Waals surface area contributed by atoms with E-state index in [1.54, 1.807) is 55.5 Å². The molecule has 1 amide bonds. The predicted molar refractivity (Wildman–Crippen MR) is 167 cm³/mol. The number of amides is 1. The highest BCUT2D eigenvalue weighted by Crippen LogP contribution is 2.51. The molecule has 2 aliphatic rings. The molecule has 1 saturated heterocycles. The molecule has 10 nitrogen and oxygen atoms in total. The van der Waals surface area contributed by atoms with E-state index in [2.05, 4.69) is 4.98 Å². The number of imidazole rings is 1. The van der Waals surface area contributed by atoms with Gasteiger partial charge in [0.25, 0.3) is 0 Å². The number of hydrogen-bond acceptors (Lipinski definition) is 7. The minimum atomic E-state index is -1.91. The smallest absolute Gasteiger partial charge is 0.410 e. The van der Waals surface area contributed by atoms with Gasteiger partial charge in [-0.25, -0.2) is 19.0 Å². The van der Waals surface area contributed by atoms with E-state index in [-0.39, 0.29) is 23.9 Å². The third kappa shape index (κ3) is 5.91. The number of hydrogen-bond donors (Lipinski definition) is 1. The molecule has 2 unspecified atom stereocenters. The Balaban J connectivity index is 1.55. The molecule has 1 N–H and O–H groups in total. The molecular formula is C32H37ClFN5O5. The van der Waals surface area contributed by atoms with Crippen molar-refractivity contribution in [1.82, 2.24) is 19.0 Å². The van der Waals surface area contributed by atoms with E-state index in [4.69, 9.17) is 21.1 Å². The number of allylic oxidation sites excluding steroid dienone is 2. The van der Waals surface area contributed by atoms with Crippen LogP contribution in [0, 0.1) is 0 Å². The molecule has 3 aromatic rings. The Morgan fingerprint density at radius 1 is 1.18 bits per heavy atom. The summed E-state index contributed by atoms with van der Waals surface area (Å²) in [6.07, 6.45) is 3.83. The van der Waals surface area contributed by atoms with Gasteiger partial charge in [-0.15, -0.1) is 11.6 Å². The molecule has 234 valence electrons. The second-order valence-electron chi connectivity index (χ2n) is 12.0. The summed E-state index contributed by atoms with van der Waals surface area (Å²) < 4.78 is 29.7. The van der Waals surface area contributed by atoms with Crippen LogP contribution in [-0.2, 0) is 21.4 Å². The normalized spacial score (nSPS) is 22.7. The van der Waals surface area contributed by atoms with E-state index in [1.165, 1.54) is 29.2 Å². The number of methoxy groups -OCH3 is 1. The third-order valence-corrected chi connectivity index (χ3v) is 8.38. The van der Waals surface area contributed by atoms with Crippen molar-refractivity contribution < 1.29 is 23.8 Å². The molecule has 12 heteroatoms. The summed E-state index contributed by atoms with van der Waals surface area (Å²) in [6, 6.07) is 11.9. The first-order chi connectivity index (χ1) is 20.8. The van der Waals surface area contributed by atoms with E-state index >= 15 is 4.39 Å². The summed E-state index contributed by atoms with van der Waals surface area (Å²) in [5.74, 6) is -0.238. The van der Waals surface area contributed by atoms with Crippen LogP contribution in [0.3, 0.4) is 0 Å². The van der Waals surface area contributed by atoms with Crippen LogP contribution < -0.4 is 10.6 Å². The summed E-state index contributed by atoms with van der Waals surface area (Å²) in [7, 11) is 3.12. The Bertz CT molecular complexity index is 1650. The van der Waals surface area contributed by atoms with Crippen LogP contribution in [0.15, 0.2) is 77.8 Å². The molecule has 44 heavy (non-hydrogen) atoms. The summed E-state index contributed by atoms with van der Waals surface area (Å²) in [4.78, 5) is 32.3. The fraction of sp³-hybridized carbons (Fsp3) is 0.406. The van der Waals surface area contributed by atoms with Crippen molar-refractivity contribution in [3.63, 3.8) is 0 Å². The molecule has 2 aromatic heterocycles. The number of ether oxygens (including phenoxy) is 2. The lowest BCUT2D eigenvalue weighted by Gasteiger charge is -2.42. The van der Waals surface area contributed by atoms with Crippen LogP contribution in [0.25, 0.3) is 11.3 Å². The first-order valence-electron chi connectivity index (χ1n) is 14.3. The van der Waals surface area contributed by atoms with Crippen molar-refractivity contribution in [2.75, 3.05) is 38.3 Å². The molecule has 3 heterocycles. The molecule has 1 aliphatic carbocycles. The largest absolute Gasteiger partial charge is 0.444 e. The molecular weight excluding hydrogens is 589 g/mol. The number of halogens is 2. The molecule has 1 aliphatic heterocycles. The minimum Gasteiger partial charge on any atom is -0.444 e. The number of aliphatic hydroxyl groups is 1. The number of nitrogens with zero attached hydrogens (tertiary/aromatic N) is 5. The van der Waals surface area contributed by atoms with Crippen LogP contribution in [0.1, 0.15) is 31.9 Å². The van der Waals surface area contributed by atoms with E-state index < -0.39 is 34.2 Å². The molecule has 1 fully saturated rings. The quantitative estimate of drug-likeness (QED) is 0.406. The lowest BCUT2D eigenvalue weighted by atomic mass is 9.79. The highest BCUT2D eigenvalue weighted by Gasteiger charge is 2.49. The van der Waals surface area contributed by atoms with Crippen LogP contribution in [0.4, 0.5) is 15.0 Å². The van der Waals surface area contributed by atoms with E-state index in [1.807, 2.05) is 31.7 Å². The lowest BCUT2D eigenvalue weighted by molar-refractivity contribution is 0.00337. The molecule has 5 rings (SSSR count). The van der Waals surface area contributed by atoms with Crippen molar-refractivity contribution in [1.29, 1.82) is 0 Å². The van der Waals surface area contributed by atoms with Crippen molar-refractivity contribution in [2.24, 2.45) is 7.05 Å². The molecule has 3 atom stereocenters. The van der Waals surface area contributed by atoms with Gasteiger partial charge in [0.1, 0.15) is 28.2 Å². The van der Waals surface area contributed by atoms with Crippen LogP contribution in [0.5, 0.6) is 0 Å². The number of alkyl halides is 1. The number of aryl methyl sites for hydroxylation is 1. The average molecular weight is 626 g/mol. The maximum absolute atomic E-state index is 16.2. The zero-order valence-corrected chi connectivity index (χ0v) is 26.2.